The van der Waals surface area contributed by atoms with Gasteiger partial charge in [-0.2, -0.15) is 0 Å². The number of halogens is 1. The topological polar surface area (TPSA) is 61.8 Å². The minimum absolute atomic E-state index is 0.136. The van der Waals surface area contributed by atoms with Gasteiger partial charge in [0.25, 0.3) is 0 Å². The molecule has 6 heteroatoms. The third kappa shape index (κ3) is 3.61. The number of carbonyl (C=O) groups is 2. The molecule has 5 nitrogen and oxygen atoms in total. The lowest BCUT2D eigenvalue weighted by molar-refractivity contribution is -0.146. The highest BCUT2D eigenvalue weighted by atomic mass is 35.5. The highest BCUT2D eigenvalue weighted by molar-refractivity contribution is 6.30. The van der Waals surface area contributed by atoms with E-state index in [4.69, 9.17) is 25.8 Å². The number of rotatable bonds is 6. The maximum absolute atomic E-state index is 12.6. The summed E-state index contributed by atoms with van der Waals surface area (Å²) >= 11 is 5.92. The molecule has 0 saturated heterocycles. The molecule has 1 heterocycles. The Balaban J connectivity index is 2.02. The second-order valence-corrected chi connectivity index (χ2v) is 5.99. The summed E-state index contributed by atoms with van der Waals surface area (Å²) in [5.74, 6) is -0.786. The van der Waals surface area contributed by atoms with E-state index in [1.165, 1.54) is 0 Å². The molecule has 1 aliphatic rings. The maximum Gasteiger partial charge on any atom is 0.314 e. The van der Waals surface area contributed by atoms with Crippen molar-refractivity contribution in [1.29, 1.82) is 0 Å². The summed E-state index contributed by atoms with van der Waals surface area (Å²) in [6.45, 7) is 2.09. The Morgan fingerprint density at radius 1 is 1.16 bits per heavy atom. The molecule has 2 unspecified atom stereocenters. The Hall–Kier alpha value is -2.53. The lowest BCUT2D eigenvalue weighted by atomic mass is 9.82. The summed E-state index contributed by atoms with van der Waals surface area (Å²) < 4.78 is 15.9. The second kappa shape index (κ2) is 7.57. The number of carbonyl (C=O) groups excluding carboxylic acids is 2. The van der Waals surface area contributed by atoms with Crippen LogP contribution in [0.2, 0.25) is 5.02 Å². The molecule has 25 heavy (non-hydrogen) atoms. The van der Waals surface area contributed by atoms with Gasteiger partial charge in [0.2, 0.25) is 6.79 Å². The summed E-state index contributed by atoms with van der Waals surface area (Å²) in [6.07, 6.45) is 0.759. The first-order valence-electron chi connectivity index (χ1n) is 7.91. The van der Waals surface area contributed by atoms with Gasteiger partial charge in [0.1, 0.15) is 6.29 Å². The first kappa shape index (κ1) is 17.3. The number of ether oxygens (including phenoxy) is 3. The smallest absolute Gasteiger partial charge is 0.314 e. The minimum atomic E-state index is -0.784. The Morgan fingerprint density at radius 2 is 1.84 bits per heavy atom. The van der Waals surface area contributed by atoms with Crippen LogP contribution in [0.1, 0.15) is 29.9 Å². The van der Waals surface area contributed by atoms with Crippen molar-refractivity contribution in [2.24, 2.45) is 0 Å². The van der Waals surface area contributed by atoms with Gasteiger partial charge in [-0.1, -0.05) is 29.8 Å². The van der Waals surface area contributed by atoms with Crippen molar-refractivity contribution in [3.63, 3.8) is 0 Å². The fourth-order valence-corrected chi connectivity index (χ4v) is 2.99. The van der Waals surface area contributed by atoms with Gasteiger partial charge in [-0.25, -0.2) is 0 Å². The van der Waals surface area contributed by atoms with Crippen molar-refractivity contribution in [1.82, 2.24) is 0 Å². The van der Waals surface area contributed by atoms with Crippen LogP contribution in [0.15, 0.2) is 42.5 Å². The molecule has 0 radical (unpaired) electrons. The molecule has 0 fully saturated rings. The monoisotopic (exact) mass is 360 g/mol. The Kier molecular flexibility index (Phi) is 5.24. The van der Waals surface area contributed by atoms with Gasteiger partial charge in [-0.05, 0) is 42.3 Å². The molecule has 3 rings (SSSR count). The molecular weight excluding hydrogens is 344 g/mol. The largest absolute Gasteiger partial charge is 0.465 e. The molecule has 0 aromatic heterocycles. The molecular formula is C19H17ClO5. The Labute approximate surface area is 150 Å². The summed E-state index contributed by atoms with van der Waals surface area (Å²) in [4.78, 5) is 24.5. The van der Waals surface area contributed by atoms with Crippen molar-refractivity contribution in [2.45, 2.75) is 18.8 Å². The molecule has 0 bridgehead atoms. The van der Waals surface area contributed by atoms with Crippen LogP contribution in [0.5, 0.6) is 11.5 Å². The van der Waals surface area contributed by atoms with Crippen molar-refractivity contribution < 1.29 is 23.8 Å². The van der Waals surface area contributed by atoms with E-state index in [2.05, 4.69) is 0 Å². The number of esters is 1. The van der Waals surface area contributed by atoms with Crippen molar-refractivity contribution >= 4 is 23.9 Å². The van der Waals surface area contributed by atoms with Crippen LogP contribution in [0.4, 0.5) is 0 Å². The van der Waals surface area contributed by atoms with E-state index in [0.717, 1.165) is 6.29 Å². The Bertz CT molecular complexity index is 772. The van der Waals surface area contributed by atoms with E-state index in [9.17, 15) is 9.59 Å². The second-order valence-electron chi connectivity index (χ2n) is 5.56. The lowest BCUT2D eigenvalue weighted by Crippen LogP contribution is -2.24. The zero-order valence-electron chi connectivity index (χ0n) is 13.6. The zero-order chi connectivity index (χ0) is 17.8. The number of aldehydes is 1. The third-order valence-electron chi connectivity index (χ3n) is 4.06. The summed E-state index contributed by atoms with van der Waals surface area (Å²) in [5, 5.41) is 0.559. The first-order valence-corrected chi connectivity index (χ1v) is 8.28. The SMILES string of the molecule is CCOC(=O)C(c1ccc2c(c1)OCO2)C(C=O)c1ccc(Cl)cc1. The van der Waals surface area contributed by atoms with Gasteiger partial charge in [-0.15, -0.1) is 0 Å². The fraction of sp³-hybridized carbons (Fsp3) is 0.263. The number of hydrogen-bond acceptors (Lipinski definition) is 5. The van der Waals surface area contributed by atoms with Gasteiger partial charge in [-0.3, -0.25) is 4.79 Å². The maximum atomic E-state index is 12.6. The highest BCUT2D eigenvalue weighted by Gasteiger charge is 2.33. The predicted octanol–water partition coefficient (Wildman–Crippen LogP) is 3.70. The molecule has 0 N–H and O–H groups in total. The van der Waals surface area contributed by atoms with E-state index in [1.54, 1.807) is 49.4 Å². The van der Waals surface area contributed by atoms with Gasteiger partial charge < -0.3 is 19.0 Å². The van der Waals surface area contributed by atoms with E-state index < -0.39 is 17.8 Å². The summed E-state index contributed by atoms with van der Waals surface area (Å²) in [6, 6.07) is 12.1. The van der Waals surface area contributed by atoms with Crippen molar-refractivity contribution in [3.8, 4) is 11.5 Å². The molecule has 0 spiro atoms. The van der Waals surface area contributed by atoms with E-state index in [-0.39, 0.29) is 13.4 Å². The average Bonchev–Trinajstić information content (AvgIpc) is 3.08. The summed E-state index contributed by atoms with van der Waals surface area (Å²) in [5.41, 5.74) is 1.32. The standard InChI is InChI=1S/C19H17ClO5/c1-2-23-19(22)18(13-5-8-16-17(9-13)25-11-24-16)15(10-21)12-3-6-14(20)7-4-12/h3-10,15,18H,2,11H2,1H3. The van der Waals surface area contributed by atoms with Crippen LogP contribution in [0.25, 0.3) is 0 Å². The quantitative estimate of drug-likeness (QED) is 0.580. The van der Waals surface area contributed by atoms with Crippen LogP contribution in [-0.2, 0) is 14.3 Å². The van der Waals surface area contributed by atoms with Crippen molar-refractivity contribution in [2.75, 3.05) is 13.4 Å². The molecule has 0 aliphatic carbocycles. The van der Waals surface area contributed by atoms with Crippen LogP contribution >= 0.6 is 11.6 Å². The average molecular weight is 361 g/mol. The highest BCUT2D eigenvalue weighted by Crippen LogP contribution is 2.39. The lowest BCUT2D eigenvalue weighted by Gasteiger charge is -2.22. The van der Waals surface area contributed by atoms with Crippen molar-refractivity contribution in [3.05, 3.63) is 58.6 Å². The van der Waals surface area contributed by atoms with Gasteiger partial charge in [0.05, 0.1) is 18.4 Å². The molecule has 0 amide bonds. The third-order valence-corrected chi connectivity index (χ3v) is 4.31. The molecule has 1 aliphatic heterocycles. The van der Waals surface area contributed by atoms with E-state index in [1.807, 2.05) is 0 Å². The van der Waals surface area contributed by atoms with E-state index in [0.29, 0.717) is 27.6 Å². The van der Waals surface area contributed by atoms with Crippen LogP contribution in [0, 0.1) is 0 Å². The number of benzene rings is 2. The van der Waals surface area contributed by atoms with Crippen LogP contribution in [0.3, 0.4) is 0 Å². The van der Waals surface area contributed by atoms with Crippen LogP contribution in [-0.4, -0.2) is 25.7 Å². The molecule has 2 atom stereocenters. The summed E-state index contributed by atoms with van der Waals surface area (Å²) in [7, 11) is 0. The molecule has 130 valence electrons. The van der Waals surface area contributed by atoms with Crippen LogP contribution < -0.4 is 9.47 Å². The first-order chi connectivity index (χ1) is 12.1. The van der Waals surface area contributed by atoms with Gasteiger partial charge >= 0.3 is 5.97 Å². The zero-order valence-corrected chi connectivity index (χ0v) is 14.4. The molecule has 0 saturated carbocycles. The fourth-order valence-electron chi connectivity index (χ4n) is 2.86. The Morgan fingerprint density at radius 3 is 2.52 bits per heavy atom. The minimum Gasteiger partial charge on any atom is -0.465 e. The predicted molar refractivity (Wildman–Crippen MR) is 92.2 cm³/mol. The molecule has 2 aromatic rings. The van der Waals surface area contributed by atoms with Gasteiger partial charge in [0, 0.05) is 5.02 Å². The molecule has 2 aromatic carbocycles. The normalized spacial score (nSPS) is 14.6. The number of fused-ring (bicyclic) bond motifs is 1. The van der Waals surface area contributed by atoms with E-state index >= 15 is 0 Å². The number of hydrogen-bond donors (Lipinski definition) is 0. The van der Waals surface area contributed by atoms with Gasteiger partial charge in [0.15, 0.2) is 11.5 Å².